The Bertz CT molecular complexity index is 1300. The van der Waals surface area contributed by atoms with Crippen molar-refractivity contribution in [3.05, 3.63) is 53.3 Å². The fourth-order valence-electron chi connectivity index (χ4n) is 4.81. The van der Waals surface area contributed by atoms with Gasteiger partial charge >= 0.3 is 0 Å². The van der Waals surface area contributed by atoms with Gasteiger partial charge in [0.2, 0.25) is 15.9 Å². The van der Waals surface area contributed by atoms with Gasteiger partial charge in [-0.3, -0.25) is 4.79 Å². The Morgan fingerprint density at radius 1 is 1.06 bits per heavy atom. The molecule has 1 amide bonds. The van der Waals surface area contributed by atoms with Crippen molar-refractivity contribution in [3.8, 4) is 0 Å². The Hall–Kier alpha value is -2.71. The molecule has 1 aliphatic heterocycles. The van der Waals surface area contributed by atoms with Gasteiger partial charge < -0.3 is 10.3 Å². The summed E-state index contributed by atoms with van der Waals surface area (Å²) in [5.74, 6) is 1.30. The minimum Gasteiger partial charge on any atom is -0.342 e. The number of carbonyl (C=O) groups excluding carboxylic acids is 1. The number of anilines is 1. The van der Waals surface area contributed by atoms with Crippen molar-refractivity contribution < 1.29 is 13.2 Å². The standard InChI is InChI=1S/C25H30N4O3S/c1-16-6-9-23(17(2)14-16)33(31,32)29-12-10-19(11-13-29)25(30)26-20-7-8-21-22(15-20)28-24(27-21)18-4-3-5-18/h6-9,14-15,18-19H,3-5,10-13H2,1-2H3,(H,26,30)(H,27,28). The number of fused-ring (bicyclic) bond motifs is 1. The lowest BCUT2D eigenvalue weighted by Crippen LogP contribution is -2.41. The quantitative estimate of drug-likeness (QED) is 0.579. The number of aromatic nitrogens is 2. The van der Waals surface area contributed by atoms with Crippen molar-refractivity contribution in [1.29, 1.82) is 0 Å². The first-order chi connectivity index (χ1) is 15.8. The molecule has 2 heterocycles. The third-order valence-corrected chi connectivity index (χ3v) is 9.09. The number of imidazole rings is 1. The maximum atomic E-state index is 13.1. The van der Waals surface area contributed by atoms with E-state index in [-0.39, 0.29) is 11.8 Å². The van der Waals surface area contributed by atoms with Gasteiger partial charge in [0.1, 0.15) is 5.82 Å². The smallest absolute Gasteiger partial charge is 0.243 e. The molecule has 1 aromatic heterocycles. The molecule has 5 rings (SSSR count). The number of benzene rings is 2. The van der Waals surface area contributed by atoms with Gasteiger partial charge in [0.25, 0.3) is 0 Å². The van der Waals surface area contributed by atoms with Gasteiger partial charge in [0.05, 0.1) is 15.9 Å². The zero-order valence-corrected chi connectivity index (χ0v) is 19.9. The predicted octanol–water partition coefficient (Wildman–Crippen LogP) is 4.49. The van der Waals surface area contributed by atoms with E-state index < -0.39 is 10.0 Å². The number of hydrogen-bond donors (Lipinski definition) is 2. The van der Waals surface area contributed by atoms with E-state index in [2.05, 4.69) is 15.3 Å². The number of H-pyrrole nitrogens is 1. The van der Waals surface area contributed by atoms with Crippen LogP contribution >= 0.6 is 0 Å². The fraction of sp³-hybridized carbons (Fsp3) is 0.440. The van der Waals surface area contributed by atoms with Crippen molar-refractivity contribution in [2.75, 3.05) is 18.4 Å². The van der Waals surface area contributed by atoms with Crippen LogP contribution < -0.4 is 5.32 Å². The van der Waals surface area contributed by atoms with Crippen LogP contribution in [0.25, 0.3) is 11.0 Å². The van der Waals surface area contributed by atoms with Gasteiger partial charge in [0, 0.05) is 30.6 Å². The van der Waals surface area contributed by atoms with Gasteiger partial charge in [-0.05, 0) is 69.4 Å². The monoisotopic (exact) mass is 466 g/mol. The second kappa shape index (κ2) is 8.57. The third-order valence-electron chi connectivity index (χ3n) is 7.03. The van der Waals surface area contributed by atoms with E-state index in [1.165, 1.54) is 23.6 Å². The first-order valence-corrected chi connectivity index (χ1v) is 13.1. The fourth-order valence-corrected chi connectivity index (χ4v) is 6.49. The minimum atomic E-state index is -3.55. The molecule has 3 aromatic rings. The number of nitrogens with zero attached hydrogens (tertiary/aromatic N) is 2. The lowest BCUT2D eigenvalue weighted by atomic mass is 9.85. The van der Waals surface area contributed by atoms with Crippen LogP contribution in [0.4, 0.5) is 5.69 Å². The highest BCUT2D eigenvalue weighted by Gasteiger charge is 2.33. The van der Waals surface area contributed by atoms with Crippen LogP contribution in [0.3, 0.4) is 0 Å². The summed E-state index contributed by atoms with van der Waals surface area (Å²) in [7, 11) is -3.55. The molecule has 0 spiro atoms. The van der Waals surface area contributed by atoms with Crippen molar-refractivity contribution >= 4 is 32.7 Å². The summed E-state index contributed by atoms with van der Waals surface area (Å²) in [6, 6.07) is 11.1. The second-order valence-electron chi connectivity index (χ2n) is 9.42. The van der Waals surface area contributed by atoms with E-state index in [1.807, 2.05) is 44.2 Å². The average molecular weight is 467 g/mol. The zero-order chi connectivity index (χ0) is 23.2. The molecule has 2 aliphatic rings. The molecular formula is C25H30N4O3S. The topological polar surface area (TPSA) is 95.2 Å². The molecule has 2 aromatic carbocycles. The highest BCUT2D eigenvalue weighted by atomic mass is 32.2. The summed E-state index contributed by atoms with van der Waals surface area (Å²) in [5, 5.41) is 3.02. The molecular weight excluding hydrogens is 436 g/mol. The largest absolute Gasteiger partial charge is 0.342 e. The van der Waals surface area contributed by atoms with Crippen LogP contribution in [-0.4, -0.2) is 41.7 Å². The van der Waals surface area contributed by atoms with Crippen LogP contribution in [0.2, 0.25) is 0 Å². The van der Waals surface area contributed by atoms with E-state index in [4.69, 9.17) is 0 Å². The Morgan fingerprint density at radius 2 is 1.82 bits per heavy atom. The maximum Gasteiger partial charge on any atom is 0.243 e. The summed E-state index contributed by atoms with van der Waals surface area (Å²) in [5.41, 5.74) is 4.38. The SMILES string of the molecule is Cc1ccc(S(=O)(=O)N2CCC(C(=O)Nc3ccc4nc(C5CCC5)[nH]c4c3)CC2)c(C)c1. The first-order valence-electron chi connectivity index (χ1n) is 11.7. The lowest BCUT2D eigenvalue weighted by molar-refractivity contribution is -0.120. The number of aromatic amines is 1. The zero-order valence-electron chi connectivity index (χ0n) is 19.1. The number of carbonyl (C=O) groups is 1. The van der Waals surface area contributed by atoms with Crippen LogP contribution in [0.1, 0.15) is 55.0 Å². The van der Waals surface area contributed by atoms with E-state index in [0.717, 1.165) is 33.7 Å². The van der Waals surface area contributed by atoms with E-state index in [0.29, 0.717) is 36.7 Å². The summed E-state index contributed by atoms with van der Waals surface area (Å²) in [6.45, 7) is 4.47. The minimum absolute atomic E-state index is 0.0587. The van der Waals surface area contributed by atoms with Gasteiger partial charge in [-0.25, -0.2) is 13.4 Å². The molecule has 33 heavy (non-hydrogen) atoms. The Morgan fingerprint density at radius 3 is 2.48 bits per heavy atom. The number of rotatable bonds is 5. The summed E-state index contributed by atoms with van der Waals surface area (Å²) in [4.78, 5) is 21.3. The molecule has 2 fully saturated rings. The van der Waals surface area contributed by atoms with Gasteiger partial charge in [0.15, 0.2) is 0 Å². The Kier molecular flexibility index (Phi) is 5.74. The van der Waals surface area contributed by atoms with Gasteiger partial charge in [-0.2, -0.15) is 4.31 Å². The van der Waals surface area contributed by atoms with Crippen LogP contribution in [-0.2, 0) is 14.8 Å². The van der Waals surface area contributed by atoms with Gasteiger partial charge in [-0.1, -0.05) is 24.1 Å². The number of aryl methyl sites for hydroxylation is 2. The third kappa shape index (κ3) is 4.29. The highest BCUT2D eigenvalue weighted by Crippen LogP contribution is 2.35. The van der Waals surface area contributed by atoms with Crippen LogP contribution in [0.5, 0.6) is 0 Å². The van der Waals surface area contributed by atoms with E-state index >= 15 is 0 Å². The normalized spacial score (nSPS) is 18.4. The Balaban J connectivity index is 1.22. The molecule has 1 saturated heterocycles. The molecule has 8 heteroatoms. The summed E-state index contributed by atoms with van der Waals surface area (Å²) >= 11 is 0. The number of nitrogens with one attached hydrogen (secondary N) is 2. The number of sulfonamides is 1. The maximum absolute atomic E-state index is 13.1. The molecule has 0 unspecified atom stereocenters. The number of hydrogen-bond acceptors (Lipinski definition) is 4. The van der Waals surface area contributed by atoms with Crippen molar-refractivity contribution in [3.63, 3.8) is 0 Å². The van der Waals surface area contributed by atoms with Crippen LogP contribution in [0.15, 0.2) is 41.3 Å². The average Bonchev–Trinajstić information content (AvgIpc) is 3.14. The second-order valence-corrected chi connectivity index (χ2v) is 11.3. The number of amides is 1. The van der Waals surface area contributed by atoms with Crippen molar-refractivity contribution in [2.45, 2.75) is 56.8 Å². The molecule has 0 atom stereocenters. The van der Waals surface area contributed by atoms with E-state index in [9.17, 15) is 13.2 Å². The van der Waals surface area contributed by atoms with Gasteiger partial charge in [-0.15, -0.1) is 0 Å². The number of piperidine rings is 1. The molecule has 174 valence electrons. The summed E-state index contributed by atoms with van der Waals surface area (Å²) < 4.78 is 27.7. The predicted molar refractivity (Wildman–Crippen MR) is 129 cm³/mol. The van der Waals surface area contributed by atoms with Crippen molar-refractivity contribution in [1.82, 2.24) is 14.3 Å². The van der Waals surface area contributed by atoms with Crippen LogP contribution in [0, 0.1) is 19.8 Å². The highest BCUT2D eigenvalue weighted by molar-refractivity contribution is 7.89. The Labute approximate surface area is 194 Å². The molecule has 2 N–H and O–H groups in total. The molecule has 1 saturated carbocycles. The molecule has 0 bridgehead atoms. The van der Waals surface area contributed by atoms with E-state index in [1.54, 1.807) is 6.07 Å². The molecule has 7 nitrogen and oxygen atoms in total. The lowest BCUT2D eigenvalue weighted by Gasteiger charge is -2.31. The molecule has 1 aliphatic carbocycles. The first kappa shape index (κ1) is 22.1. The van der Waals surface area contributed by atoms with Crippen molar-refractivity contribution in [2.24, 2.45) is 5.92 Å². The summed E-state index contributed by atoms with van der Waals surface area (Å²) in [6.07, 6.45) is 4.64. The molecule has 0 radical (unpaired) electrons.